The normalized spacial score (nSPS) is 10.3. The monoisotopic (exact) mass is 380 g/mol. The number of nitrogen functional groups attached to an aromatic ring is 1. The molecule has 0 atom stereocenters. The summed E-state index contributed by atoms with van der Waals surface area (Å²) >= 11 is 2.28. The van der Waals surface area contributed by atoms with E-state index in [0.29, 0.717) is 6.61 Å². The van der Waals surface area contributed by atoms with Crippen molar-refractivity contribution in [2.45, 2.75) is 20.5 Å². The molecule has 0 radical (unpaired) electrons. The third-order valence-electron chi connectivity index (χ3n) is 3.07. The lowest BCUT2D eigenvalue weighted by Crippen LogP contribution is -2.12. The van der Waals surface area contributed by atoms with Gasteiger partial charge in [-0.3, -0.25) is 5.41 Å². The van der Waals surface area contributed by atoms with Crippen LogP contribution >= 0.6 is 22.6 Å². The van der Waals surface area contributed by atoms with Gasteiger partial charge in [-0.05, 0) is 77.4 Å². The van der Waals surface area contributed by atoms with Crippen LogP contribution in [-0.2, 0) is 6.61 Å². The van der Waals surface area contributed by atoms with Crippen LogP contribution in [0.25, 0.3) is 0 Å². The molecule has 0 aliphatic rings. The maximum Gasteiger partial charge on any atom is 0.125 e. The van der Waals surface area contributed by atoms with Crippen LogP contribution in [0.2, 0.25) is 0 Å². The van der Waals surface area contributed by atoms with Crippen LogP contribution in [-0.4, -0.2) is 5.84 Å². The van der Waals surface area contributed by atoms with Gasteiger partial charge in [-0.1, -0.05) is 12.1 Å². The predicted octanol–water partition coefficient (Wildman–Crippen LogP) is 3.77. The summed E-state index contributed by atoms with van der Waals surface area (Å²) in [5, 5.41) is 7.49. The molecule has 0 aliphatic carbocycles. The van der Waals surface area contributed by atoms with Gasteiger partial charge in [0.15, 0.2) is 0 Å². The zero-order valence-electron chi connectivity index (χ0n) is 11.5. The molecule has 0 saturated heterocycles. The first-order valence-electron chi connectivity index (χ1n) is 6.30. The summed E-state index contributed by atoms with van der Waals surface area (Å²) < 4.78 is 7.13. The fourth-order valence-corrected chi connectivity index (χ4v) is 2.43. The van der Waals surface area contributed by atoms with Crippen molar-refractivity contribution in [3.63, 3.8) is 0 Å². The molecule has 104 valence electrons. The second-order valence-corrected chi connectivity index (χ2v) is 6.01. The first-order valence-corrected chi connectivity index (χ1v) is 7.38. The molecule has 2 aromatic carbocycles. The molecule has 4 heteroatoms. The Morgan fingerprint density at radius 1 is 1.15 bits per heavy atom. The van der Waals surface area contributed by atoms with E-state index in [4.69, 9.17) is 15.9 Å². The van der Waals surface area contributed by atoms with Crippen LogP contribution in [0.5, 0.6) is 5.75 Å². The second-order valence-electron chi connectivity index (χ2n) is 4.77. The molecule has 0 bridgehead atoms. The van der Waals surface area contributed by atoms with E-state index in [0.717, 1.165) is 28.0 Å². The van der Waals surface area contributed by atoms with E-state index in [2.05, 4.69) is 46.9 Å². The van der Waals surface area contributed by atoms with Crippen molar-refractivity contribution in [3.05, 3.63) is 62.2 Å². The maximum absolute atomic E-state index is 7.49. The smallest absolute Gasteiger partial charge is 0.125 e. The van der Waals surface area contributed by atoms with Crippen LogP contribution < -0.4 is 10.5 Å². The summed E-state index contributed by atoms with van der Waals surface area (Å²) in [4.78, 5) is 0. The van der Waals surface area contributed by atoms with Gasteiger partial charge in [0.05, 0.1) is 0 Å². The van der Waals surface area contributed by atoms with Crippen LogP contribution in [0.3, 0.4) is 0 Å². The van der Waals surface area contributed by atoms with Gasteiger partial charge < -0.3 is 10.5 Å². The quantitative estimate of drug-likeness (QED) is 0.482. The Kier molecular flexibility index (Phi) is 4.65. The van der Waals surface area contributed by atoms with Gasteiger partial charge in [-0.25, -0.2) is 0 Å². The number of rotatable bonds is 4. The molecule has 0 saturated carbocycles. The minimum Gasteiger partial charge on any atom is -0.488 e. The van der Waals surface area contributed by atoms with Crippen molar-refractivity contribution in [3.8, 4) is 5.75 Å². The fourth-order valence-electron chi connectivity index (χ4n) is 2.07. The van der Waals surface area contributed by atoms with Gasteiger partial charge in [0.2, 0.25) is 0 Å². The highest BCUT2D eigenvalue weighted by Gasteiger charge is 2.08. The number of benzene rings is 2. The lowest BCUT2D eigenvalue weighted by molar-refractivity contribution is 0.302. The van der Waals surface area contributed by atoms with Crippen LogP contribution in [0.15, 0.2) is 36.4 Å². The molecular formula is C16H17IN2O. The van der Waals surface area contributed by atoms with E-state index >= 15 is 0 Å². The number of hydrogen-bond donors (Lipinski definition) is 2. The summed E-state index contributed by atoms with van der Waals surface area (Å²) in [5.74, 6) is 0.953. The molecule has 2 aromatic rings. The maximum atomic E-state index is 7.49. The van der Waals surface area contributed by atoms with Gasteiger partial charge in [-0.2, -0.15) is 0 Å². The average molecular weight is 380 g/mol. The number of nitrogens with two attached hydrogens (primary N) is 1. The van der Waals surface area contributed by atoms with Gasteiger partial charge >= 0.3 is 0 Å². The Bertz CT molecular complexity index is 612. The SMILES string of the molecule is Cc1cc(C(=N)N)cc(C)c1OCc1ccc(I)cc1. The molecule has 3 N–H and O–H groups in total. The second kappa shape index (κ2) is 6.26. The lowest BCUT2D eigenvalue weighted by atomic mass is 10.1. The average Bonchev–Trinajstić information content (AvgIpc) is 2.39. The molecule has 0 unspecified atom stereocenters. The van der Waals surface area contributed by atoms with Crippen molar-refractivity contribution in [2.24, 2.45) is 5.73 Å². The van der Waals surface area contributed by atoms with E-state index < -0.39 is 0 Å². The van der Waals surface area contributed by atoms with E-state index in [1.165, 1.54) is 3.57 Å². The predicted molar refractivity (Wildman–Crippen MR) is 90.4 cm³/mol. The summed E-state index contributed by atoms with van der Waals surface area (Å²) in [6.45, 7) is 4.49. The number of nitrogens with one attached hydrogen (secondary N) is 1. The summed E-state index contributed by atoms with van der Waals surface area (Å²) in [6, 6.07) is 12.0. The third kappa shape index (κ3) is 3.50. The third-order valence-corrected chi connectivity index (χ3v) is 3.79. The largest absolute Gasteiger partial charge is 0.488 e. The van der Waals surface area contributed by atoms with E-state index in [9.17, 15) is 0 Å². The molecule has 0 spiro atoms. The summed E-state index contributed by atoms with van der Waals surface area (Å²) in [5.41, 5.74) is 9.40. The molecule has 2 rings (SSSR count). The fraction of sp³-hybridized carbons (Fsp3) is 0.188. The number of aryl methyl sites for hydroxylation is 2. The van der Waals surface area contributed by atoms with Crippen molar-refractivity contribution < 1.29 is 4.74 Å². The minimum atomic E-state index is 0.0837. The standard InChI is InChI=1S/C16H17IN2O/c1-10-7-13(16(18)19)8-11(2)15(10)20-9-12-3-5-14(17)6-4-12/h3-8H,9H2,1-2H3,(H3,18,19). The number of halogens is 1. The van der Waals surface area contributed by atoms with Crippen LogP contribution in [0.1, 0.15) is 22.3 Å². The highest BCUT2D eigenvalue weighted by molar-refractivity contribution is 14.1. The van der Waals surface area contributed by atoms with Gasteiger partial charge in [0.25, 0.3) is 0 Å². The molecule has 0 amide bonds. The number of ether oxygens (including phenoxy) is 1. The van der Waals surface area contributed by atoms with E-state index in [1.54, 1.807) is 0 Å². The van der Waals surface area contributed by atoms with E-state index in [-0.39, 0.29) is 5.84 Å². The van der Waals surface area contributed by atoms with Gasteiger partial charge in [0, 0.05) is 9.13 Å². The highest BCUT2D eigenvalue weighted by Crippen LogP contribution is 2.25. The van der Waals surface area contributed by atoms with Crippen molar-refractivity contribution in [1.82, 2.24) is 0 Å². The van der Waals surface area contributed by atoms with Gasteiger partial charge in [-0.15, -0.1) is 0 Å². The highest BCUT2D eigenvalue weighted by atomic mass is 127. The molecular weight excluding hydrogens is 363 g/mol. The Morgan fingerprint density at radius 2 is 1.70 bits per heavy atom. The topological polar surface area (TPSA) is 59.1 Å². The minimum absolute atomic E-state index is 0.0837. The Hall–Kier alpha value is -1.56. The van der Waals surface area contributed by atoms with E-state index in [1.807, 2.05) is 26.0 Å². The summed E-state index contributed by atoms with van der Waals surface area (Å²) in [7, 11) is 0. The lowest BCUT2D eigenvalue weighted by Gasteiger charge is -2.14. The zero-order chi connectivity index (χ0) is 14.7. The van der Waals surface area contributed by atoms with Gasteiger partial charge in [0.1, 0.15) is 18.2 Å². The molecule has 0 fully saturated rings. The Labute approximate surface area is 132 Å². The van der Waals surface area contributed by atoms with Crippen LogP contribution in [0, 0.1) is 22.8 Å². The number of hydrogen-bond acceptors (Lipinski definition) is 2. The number of amidine groups is 1. The molecule has 0 aliphatic heterocycles. The summed E-state index contributed by atoms with van der Waals surface area (Å²) in [6.07, 6.45) is 0. The first kappa shape index (κ1) is 14.8. The van der Waals surface area contributed by atoms with Crippen LogP contribution in [0.4, 0.5) is 0 Å². The molecule has 0 aromatic heterocycles. The first-order chi connectivity index (χ1) is 9.47. The van der Waals surface area contributed by atoms with Crippen molar-refractivity contribution in [2.75, 3.05) is 0 Å². The Morgan fingerprint density at radius 3 is 2.20 bits per heavy atom. The molecule has 0 heterocycles. The van der Waals surface area contributed by atoms with Crippen molar-refractivity contribution >= 4 is 28.4 Å². The molecule has 20 heavy (non-hydrogen) atoms. The zero-order valence-corrected chi connectivity index (χ0v) is 13.7. The molecule has 3 nitrogen and oxygen atoms in total. The van der Waals surface area contributed by atoms with Crippen molar-refractivity contribution in [1.29, 1.82) is 5.41 Å². The Balaban J connectivity index is 2.17.